The van der Waals surface area contributed by atoms with Crippen molar-refractivity contribution in [3.8, 4) is 0 Å². The number of benzene rings is 2. The maximum atomic E-state index is 4.29. The molecule has 2 aromatic carbocycles. The Labute approximate surface area is 112 Å². The fourth-order valence-electron chi connectivity index (χ4n) is 2.25. The van der Waals surface area contributed by atoms with Gasteiger partial charge in [-0.1, -0.05) is 36.4 Å². The van der Waals surface area contributed by atoms with Crippen LogP contribution in [0.4, 0.5) is 5.69 Å². The Morgan fingerprint density at radius 3 is 2.79 bits per heavy atom. The number of nitrogens with one attached hydrogen (secondary N) is 1. The smallest absolute Gasteiger partial charge is 0.0539 e. The summed E-state index contributed by atoms with van der Waals surface area (Å²) in [4.78, 5) is 0. The van der Waals surface area contributed by atoms with E-state index < -0.39 is 0 Å². The number of hydrogen-bond acceptors (Lipinski definition) is 2. The van der Waals surface area contributed by atoms with Crippen LogP contribution in [0.3, 0.4) is 0 Å². The van der Waals surface area contributed by atoms with Crippen LogP contribution in [0.2, 0.25) is 0 Å². The fraction of sp³-hybridized carbons (Fsp3) is 0.188. The van der Waals surface area contributed by atoms with Crippen LogP contribution in [0.5, 0.6) is 0 Å². The van der Waals surface area contributed by atoms with E-state index in [9.17, 15) is 0 Å². The lowest BCUT2D eigenvalue weighted by molar-refractivity contribution is 0.659. The van der Waals surface area contributed by atoms with E-state index in [1.54, 1.807) is 0 Å². The fourth-order valence-corrected chi connectivity index (χ4v) is 2.25. The largest absolute Gasteiger partial charge is 0.380 e. The van der Waals surface area contributed by atoms with E-state index in [4.69, 9.17) is 0 Å². The van der Waals surface area contributed by atoms with Crippen LogP contribution < -0.4 is 5.32 Å². The van der Waals surface area contributed by atoms with Crippen molar-refractivity contribution in [3.05, 3.63) is 60.4 Å². The molecule has 0 radical (unpaired) electrons. The zero-order valence-corrected chi connectivity index (χ0v) is 11.0. The molecule has 96 valence electrons. The van der Waals surface area contributed by atoms with Crippen LogP contribution in [0.25, 0.3) is 10.8 Å². The van der Waals surface area contributed by atoms with Gasteiger partial charge in [-0.3, -0.25) is 4.68 Å². The summed E-state index contributed by atoms with van der Waals surface area (Å²) in [6, 6.07) is 14.8. The van der Waals surface area contributed by atoms with E-state index in [1.807, 2.05) is 10.9 Å². The molecule has 0 atom stereocenters. The highest BCUT2D eigenvalue weighted by molar-refractivity contribution is 5.93. The summed E-state index contributed by atoms with van der Waals surface area (Å²) in [5.74, 6) is 0. The highest BCUT2D eigenvalue weighted by Gasteiger charge is 2.01. The minimum absolute atomic E-state index is 0.800. The van der Waals surface area contributed by atoms with Gasteiger partial charge < -0.3 is 5.32 Å². The summed E-state index contributed by atoms with van der Waals surface area (Å²) in [6.45, 7) is 3.80. The summed E-state index contributed by atoms with van der Waals surface area (Å²) >= 11 is 0. The molecule has 0 saturated carbocycles. The monoisotopic (exact) mass is 251 g/mol. The number of anilines is 1. The molecule has 19 heavy (non-hydrogen) atoms. The Morgan fingerprint density at radius 2 is 1.95 bits per heavy atom. The number of hydrogen-bond donors (Lipinski definition) is 1. The summed E-state index contributed by atoms with van der Waals surface area (Å²) in [7, 11) is 0. The molecular weight excluding hydrogens is 234 g/mol. The predicted octanol–water partition coefficient (Wildman–Crippen LogP) is 3.67. The van der Waals surface area contributed by atoms with Gasteiger partial charge in [-0.25, -0.2) is 0 Å². The number of aromatic nitrogens is 2. The number of rotatable bonds is 4. The molecule has 0 spiro atoms. The Hall–Kier alpha value is -2.29. The lowest BCUT2D eigenvalue weighted by Crippen LogP contribution is -1.99. The second kappa shape index (κ2) is 5.14. The van der Waals surface area contributed by atoms with Crippen LogP contribution in [-0.2, 0) is 13.1 Å². The molecule has 1 heterocycles. The van der Waals surface area contributed by atoms with Crippen molar-refractivity contribution in [1.82, 2.24) is 9.78 Å². The Balaban J connectivity index is 1.81. The van der Waals surface area contributed by atoms with Gasteiger partial charge in [0.15, 0.2) is 0 Å². The quantitative estimate of drug-likeness (QED) is 0.766. The normalized spacial score (nSPS) is 10.8. The van der Waals surface area contributed by atoms with E-state index in [-0.39, 0.29) is 0 Å². The molecule has 0 aliphatic heterocycles. The molecule has 3 rings (SSSR count). The van der Waals surface area contributed by atoms with Gasteiger partial charge in [0.2, 0.25) is 0 Å². The number of fused-ring (bicyclic) bond motifs is 1. The van der Waals surface area contributed by atoms with Crippen molar-refractivity contribution in [1.29, 1.82) is 0 Å². The Bertz CT molecular complexity index is 680. The topological polar surface area (TPSA) is 29.9 Å². The molecule has 0 aliphatic carbocycles. The zero-order chi connectivity index (χ0) is 13.1. The van der Waals surface area contributed by atoms with Gasteiger partial charge >= 0.3 is 0 Å². The van der Waals surface area contributed by atoms with Crippen LogP contribution in [0, 0.1) is 0 Å². The van der Waals surface area contributed by atoms with E-state index in [0.717, 1.165) is 13.1 Å². The molecule has 0 amide bonds. The average Bonchev–Trinajstić information content (AvgIpc) is 2.93. The molecular formula is C16H17N3. The van der Waals surface area contributed by atoms with Crippen LogP contribution in [0.15, 0.2) is 54.9 Å². The van der Waals surface area contributed by atoms with Crippen LogP contribution in [0.1, 0.15) is 12.5 Å². The third-order valence-electron chi connectivity index (χ3n) is 3.28. The Kier molecular flexibility index (Phi) is 3.19. The molecule has 1 aromatic heterocycles. The molecule has 0 saturated heterocycles. The zero-order valence-electron chi connectivity index (χ0n) is 11.0. The van der Waals surface area contributed by atoms with E-state index in [2.05, 4.69) is 66.0 Å². The van der Waals surface area contributed by atoms with Gasteiger partial charge in [0.1, 0.15) is 0 Å². The van der Waals surface area contributed by atoms with Crippen molar-refractivity contribution in [2.75, 3.05) is 5.32 Å². The maximum absolute atomic E-state index is 4.29. The predicted molar refractivity (Wildman–Crippen MR) is 79.2 cm³/mol. The average molecular weight is 251 g/mol. The lowest BCUT2D eigenvalue weighted by atomic mass is 10.1. The van der Waals surface area contributed by atoms with Crippen LogP contribution >= 0.6 is 0 Å². The van der Waals surface area contributed by atoms with Gasteiger partial charge in [0.05, 0.1) is 6.20 Å². The summed E-state index contributed by atoms with van der Waals surface area (Å²) in [5, 5.41) is 10.3. The van der Waals surface area contributed by atoms with Crippen molar-refractivity contribution in [2.24, 2.45) is 0 Å². The van der Waals surface area contributed by atoms with Crippen LogP contribution in [-0.4, -0.2) is 9.78 Å². The van der Waals surface area contributed by atoms with E-state index in [1.165, 1.54) is 22.0 Å². The highest BCUT2D eigenvalue weighted by Crippen LogP contribution is 2.23. The highest BCUT2D eigenvalue weighted by atomic mass is 15.3. The van der Waals surface area contributed by atoms with Gasteiger partial charge in [0.25, 0.3) is 0 Å². The summed E-state index contributed by atoms with van der Waals surface area (Å²) in [6.07, 6.45) is 4.00. The summed E-state index contributed by atoms with van der Waals surface area (Å²) in [5.41, 5.74) is 2.37. The van der Waals surface area contributed by atoms with Gasteiger partial charge in [-0.15, -0.1) is 0 Å². The van der Waals surface area contributed by atoms with Gasteiger partial charge in [-0.05, 0) is 18.4 Å². The number of nitrogens with zero attached hydrogens (tertiary/aromatic N) is 2. The second-order valence-corrected chi connectivity index (χ2v) is 4.58. The van der Waals surface area contributed by atoms with Gasteiger partial charge in [0, 0.05) is 35.9 Å². The minimum atomic E-state index is 0.800. The third-order valence-corrected chi connectivity index (χ3v) is 3.28. The molecule has 3 aromatic rings. The first-order valence-corrected chi connectivity index (χ1v) is 6.60. The van der Waals surface area contributed by atoms with E-state index >= 15 is 0 Å². The Morgan fingerprint density at radius 1 is 1.11 bits per heavy atom. The molecule has 3 nitrogen and oxygen atoms in total. The molecule has 3 heteroatoms. The van der Waals surface area contributed by atoms with Crippen molar-refractivity contribution in [3.63, 3.8) is 0 Å². The summed E-state index contributed by atoms with van der Waals surface area (Å²) < 4.78 is 1.94. The minimum Gasteiger partial charge on any atom is -0.380 e. The maximum Gasteiger partial charge on any atom is 0.0539 e. The molecule has 0 aliphatic rings. The first-order valence-electron chi connectivity index (χ1n) is 6.60. The third kappa shape index (κ3) is 2.45. The molecule has 1 N–H and O–H groups in total. The lowest BCUT2D eigenvalue weighted by Gasteiger charge is -2.08. The SMILES string of the molecule is CCn1cc(CNc2cccc3ccccc23)cn1. The first-order chi connectivity index (χ1) is 9.36. The van der Waals surface area contributed by atoms with E-state index in [0.29, 0.717) is 0 Å². The van der Waals surface area contributed by atoms with Crippen molar-refractivity contribution < 1.29 is 0 Å². The van der Waals surface area contributed by atoms with Crippen molar-refractivity contribution >= 4 is 16.5 Å². The molecule has 0 fully saturated rings. The second-order valence-electron chi connectivity index (χ2n) is 4.58. The van der Waals surface area contributed by atoms with Gasteiger partial charge in [-0.2, -0.15) is 5.10 Å². The first kappa shape index (κ1) is 11.8. The number of aryl methyl sites for hydroxylation is 1. The van der Waals surface area contributed by atoms with Crippen molar-refractivity contribution in [2.45, 2.75) is 20.0 Å². The standard InChI is InChI=1S/C16H17N3/c1-2-19-12-13(11-18-19)10-17-16-9-5-7-14-6-3-4-8-15(14)16/h3-9,11-12,17H,2,10H2,1H3. The molecule has 0 unspecified atom stereocenters. The molecule has 0 bridgehead atoms.